The van der Waals surface area contributed by atoms with E-state index in [4.69, 9.17) is 25.3 Å². The molecule has 4 aromatic rings. The summed E-state index contributed by atoms with van der Waals surface area (Å²) in [6.07, 6.45) is 12.1. The molecule has 1 saturated heterocycles. The number of rotatable bonds is 5. The molecule has 3 N–H and O–H groups in total. The number of nitrogens with zero attached hydrogens (tertiary/aromatic N) is 7. The van der Waals surface area contributed by atoms with E-state index in [9.17, 15) is 0 Å². The first-order chi connectivity index (χ1) is 17.1. The summed E-state index contributed by atoms with van der Waals surface area (Å²) in [5.74, 6) is 2.61. The number of nitrogens with two attached hydrogens (primary N) is 1. The third-order valence-corrected chi connectivity index (χ3v) is 7.38. The lowest BCUT2D eigenvalue weighted by molar-refractivity contribution is 0.363. The van der Waals surface area contributed by atoms with Crippen LogP contribution in [0.15, 0.2) is 23.2 Å². The molecule has 0 radical (unpaired) electrons. The zero-order chi connectivity index (χ0) is 23.9. The second-order valence-corrected chi connectivity index (χ2v) is 9.96. The molecule has 0 bridgehead atoms. The predicted octanol–water partition coefficient (Wildman–Crippen LogP) is 4.65. The van der Waals surface area contributed by atoms with Gasteiger partial charge in [0.2, 0.25) is 0 Å². The van der Waals surface area contributed by atoms with Crippen LogP contribution in [0.2, 0.25) is 0 Å². The third kappa shape index (κ3) is 4.22. The lowest BCUT2D eigenvalue weighted by Gasteiger charge is -2.22. The Labute approximate surface area is 215 Å². The number of nitrogens with one attached hydrogen (secondary N) is 1. The Morgan fingerprint density at radius 1 is 0.972 bits per heavy atom. The van der Waals surface area contributed by atoms with Crippen molar-refractivity contribution in [1.29, 1.82) is 0 Å². The summed E-state index contributed by atoms with van der Waals surface area (Å²) >= 11 is 0. The lowest BCUT2D eigenvalue weighted by Crippen LogP contribution is -2.26. The first-order valence-electron chi connectivity index (χ1n) is 12.6. The van der Waals surface area contributed by atoms with Gasteiger partial charge in [-0.1, -0.05) is 18.0 Å². The molecule has 4 aromatic heterocycles. The molecular formula is C25H32ClN9O. The van der Waals surface area contributed by atoms with E-state index in [0.717, 1.165) is 50.1 Å². The van der Waals surface area contributed by atoms with Crippen LogP contribution in [0.4, 0.5) is 5.82 Å². The van der Waals surface area contributed by atoms with E-state index in [0.29, 0.717) is 45.9 Å². The molecule has 10 nitrogen and oxygen atoms in total. The van der Waals surface area contributed by atoms with Crippen LogP contribution in [-0.2, 0) is 0 Å². The van der Waals surface area contributed by atoms with E-state index in [1.165, 1.54) is 24.7 Å². The first kappa shape index (κ1) is 24.6. The van der Waals surface area contributed by atoms with Crippen molar-refractivity contribution in [3.63, 3.8) is 0 Å². The highest BCUT2D eigenvalue weighted by atomic mass is 35.5. The van der Waals surface area contributed by atoms with Crippen molar-refractivity contribution in [2.45, 2.75) is 70.3 Å². The Kier molecular flexibility index (Phi) is 6.90. The molecule has 36 heavy (non-hydrogen) atoms. The predicted molar refractivity (Wildman–Crippen MR) is 140 cm³/mol. The molecule has 1 aliphatic carbocycles. The fourth-order valence-corrected chi connectivity index (χ4v) is 5.50. The van der Waals surface area contributed by atoms with Crippen molar-refractivity contribution in [2.75, 3.05) is 18.8 Å². The Morgan fingerprint density at radius 2 is 1.69 bits per heavy atom. The molecule has 2 aliphatic rings. The van der Waals surface area contributed by atoms with Gasteiger partial charge < -0.3 is 15.6 Å². The Balaban J connectivity index is 0.00000267. The van der Waals surface area contributed by atoms with Gasteiger partial charge in [0.1, 0.15) is 23.5 Å². The van der Waals surface area contributed by atoms with Crippen LogP contribution in [0.1, 0.15) is 81.6 Å². The van der Waals surface area contributed by atoms with Gasteiger partial charge in [-0.05, 0) is 64.1 Å². The molecule has 190 valence electrons. The first-order valence-corrected chi connectivity index (χ1v) is 12.6. The smallest absolute Gasteiger partial charge is 0.165 e. The van der Waals surface area contributed by atoms with Gasteiger partial charge in [-0.2, -0.15) is 5.10 Å². The van der Waals surface area contributed by atoms with Crippen molar-refractivity contribution in [1.82, 2.24) is 40.2 Å². The highest BCUT2D eigenvalue weighted by Gasteiger charge is 2.32. The summed E-state index contributed by atoms with van der Waals surface area (Å²) < 4.78 is 7.88. The number of hydrogen-bond donors (Lipinski definition) is 2. The van der Waals surface area contributed by atoms with Gasteiger partial charge in [-0.3, -0.25) is 0 Å². The van der Waals surface area contributed by atoms with E-state index in [-0.39, 0.29) is 18.4 Å². The third-order valence-electron chi connectivity index (χ3n) is 7.38. The minimum atomic E-state index is 0. The number of aromatic nitrogens is 7. The quantitative estimate of drug-likeness (QED) is 0.394. The molecule has 2 fully saturated rings. The zero-order valence-electron chi connectivity index (χ0n) is 20.6. The molecule has 6 rings (SSSR count). The summed E-state index contributed by atoms with van der Waals surface area (Å²) in [7, 11) is 0. The monoisotopic (exact) mass is 509 g/mol. The molecule has 0 spiro atoms. The number of piperidine rings is 1. The molecule has 1 aliphatic heterocycles. The summed E-state index contributed by atoms with van der Waals surface area (Å²) in [4.78, 5) is 18.4. The lowest BCUT2D eigenvalue weighted by atomic mass is 9.92. The van der Waals surface area contributed by atoms with Crippen LogP contribution in [-0.4, -0.2) is 48.0 Å². The van der Waals surface area contributed by atoms with Crippen LogP contribution < -0.4 is 11.1 Å². The summed E-state index contributed by atoms with van der Waals surface area (Å²) in [5, 5.41) is 13.5. The topological polar surface area (TPSA) is 133 Å². The summed E-state index contributed by atoms with van der Waals surface area (Å²) in [6.45, 7) is 6.18. The van der Waals surface area contributed by atoms with Crippen molar-refractivity contribution in [3.05, 3.63) is 30.0 Å². The van der Waals surface area contributed by atoms with Crippen LogP contribution in [0.3, 0.4) is 0 Å². The Bertz CT molecular complexity index is 1340. The maximum absolute atomic E-state index is 6.33. The Morgan fingerprint density at radius 3 is 2.39 bits per heavy atom. The summed E-state index contributed by atoms with van der Waals surface area (Å²) in [6, 6.07) is 0.0886. The van der Waals surface area contributed by atoms with Crippen LogP contribution in [0.25, 0.3) is 33.8 Å². The maximum atomic E-state index is 6.33. The average Bonchev–Trinajstić information content (AvgIpc) is 3.63. The van der Waals surface area contributed by atoms with Crippen molar-refractivity contribution >= 4 is 29.3 Å². The minimum Gasteiger partial charge on any atom is -0.383 e. The number of halogens is 1. The van der Waals surface area contributed by atoms with Gasteiger partial charge in [-0.15, -0.1) is 12.4 Å². The average molecular weight is 510 g/mol. The second-order valence-electron chi connectivity index (χ2n) is 9.96. The van der Waals surface area contributed by atoms with Gasteiger partial charge in [-0.25, -0.2) is 24.6 Å². The van der Waals surface area contributed by atoms with Gasteiger partial charge in [0.15, 0.2) is 17.2 Å². The van der Waals surface area contributed by atoms with Crippen LogP contribution in [0.5, 0.6) is 0 Å². The number of anilines is 1. The molecule has 5 heterocycles. The normalized spacial score (nSPS) is 17.2. The molecule has 1 saturated carbocycles. The molecule has 0 unspecified atom stereocenters. The van der Waals surface area contributed by atoms with E-state index >= 15 is 0 Å². The number of nitrogen functional groups attached to an aromatic ring is 1. The standard InChI is InChI=1S/C25H31N9O.ClH/c1-14(2)34-25-19(23(26)30-13-31-25)20(32-34)21-18(22(35-33-21)16-5-3-4-6-16)24-28-11-17(12-29-24)15-7-9-27-10-8-15;/h11-16,27H,3-10H2,1-2H3,(H2,26,30,31);1H. The number of fused-ring (bicyclic) bond motifs is 1. The minimum absolute atomic E-state index is 0. The van der Waals surface area contributed by atoms with Gasteiger partial charge in [0.05, 0.1) is 10.9 Å². The van der Waals surface area contributed by atoms with E-state index < -0.39 is 0 Å². The number of hydrogen-bond acceptors (Lipinski definition) is 9. The zero-order valence-corrected chi connectivity index (χ0v) is 21.5. The SMILES string of the molecule is CC(C)n1nc(-c2noc(C3CCCC3)c2-c2ncc(C3CCNCC3)cn2)c2c(N)ncnc21.Cl. The van der Waals surface area contributed by atoms with E-state index in [2.05, 4.69) is 34.3 Å². The van der Waals surface area contributed by atoms with Crippen LogP contribution >= 0.6 is 12.4 Å². The van der Waals surface area contributed by atoms with Gasteiger partial charge >= 0.3 is 0 Å². The fraction of sp³-hybridized carbons (Fsp3) is 0.520. The maximum Gasteiger partial charge on any atom is 0.165 e. The van der Waals surface area contributed by atoms with Crippen molar-refractivity contribution < 1.29 is 4.52 Å². The molecular weight excluding hydrogens is 478 g/mol. The molecule has 11 heteroatoms. The van der Waals surface area contributed by atoms with E-state index in [1.807, 2.05) is 17.1 Å². The van der Waals surface area contributed by atoms with Gasteiger partial charge in [0, 0.05) is 24.4 Å². The highest BCUT2D eigenvalue weighted by Crippen LogP contribution is 2.44. The van der Waals surface area contributed by atoms with Crippen LogP contribution in [0, 0.1) is 0 Å². The largest absolute Gasteiger partial charge is 0.383 e. The summed E-state index contributed by atoms with van der Waals surface area (Å²) in [5.41, 5.74) is 10.2. The van der Waals surface area contributed by atoms with Crippen molar-refractivity contribution in [2.24, 2.45) is 0 Å². The fourth-order valence-electron chi connectivity index (χ4n) is 5.50. The molecule has 0 amide bonds. The van der Waals surface area contributed by atoms with Gasteiger partial charge in [0.25, 0.3) is 0 Å². The molecule has 0 atom stereocenters. The Hall–Kier alpha value is -3.11. The van der Waals surface area contributed by atoms with E-state index in [1.54, 1.807) is 0 Å². The van der Waals surface area contributed by atoms with Crippen molar-refractivity contribution in [3.8, 4) is 22.8 Å². The molecule has 0 aromatic carbocycles. The second kappa shape index (κ2) is 10.1. The highest BCUT2D eigenvalue weighted by molar-refractivity contribution is 6.00.